The van der Waals surface area contributed by atoms with E-state index in [-0.39, 0.29) is 12.5 Å². The molecule has 0 bridgehead atoms. The molecule has 0 spiro atoms. The Morgan fingerprint density at radius 2 is 2.33 bits per heavy atom. The predicted octanol–water partition coefficient (Wildman–Crippen LogP) is 1.31. The molecule has 6 nitrogen and oxygen atoms in total. The summed E-state index contributed by atoms with van der Waals surface area (Å²) in [5.41, 5.74) is 0. The molecule has 0 aromatic carbocycles. The molecule has 1 aliphatic heterocycles. The van der Waals surface area contributed by atoms with Gasteiger partial charge in [0.25, 0.3) is 0 Å². The molecular formula is C14H19NO5S. The first-order chi connectivity index (χ1) is 10.1. The van der Waals surface area contributed by atoms with Gasteiger partial charge in [-0.05, 0) is 18.6 Å². The number of thiophene rings is 1. The van der Waals surface area contributed by atoms with Crippen LogP contribution < -0.4 is 0 Å². The lowest BCUT2D eigenvalue weighted by atomic mass is 10.0. The van der Waals surface area contributed by atoms with Crippen LogP contribution >= 0.6 is 11.3 Å². The Balaban J connectivity index is 2.33. The topological polar surface area (TPSA) is 76.1 Å². The van der Waals surface area contributed by atoms with Crippen LogP contribution in [0.5, 0.6) is 0 Å². The van der Waals surface area contributed by atoms with Crippen molar-refractivity contribution in [2.75, 3.05) is 26.9 Å². The summed E-state index contributed by atoms with van der Waals surface area (Å²) in [6, 6.07) is 3.25. The second kappa shape index (κ2) is 7.02. The number of nitrogens with zero attached hydrogens (tertiary/aromatic N) is 1. The molecule has 21 heavy (non-hydrogen) atoms. The van der Waals surface area contributed by atoms with Crippen molar-refractivity contribution >= 4 is 23.2 Å². The molecular weight excluding hydrogens is 294 g/mol. The molecule has 2 heterocycles. The zero-order valence-corrected chi connectivity index (χ0v) is 12.9. The maximum Gasteiger partial charge on any atom is 0.335 e. The minimum Gasteiger partial charge on any atom is -0.479 e. The van der Waals surface area contributed by atoms with Crippen molar-refractivity contribution in [2.45, 2.75) is 25.5 Å². The number of carbonyl (C=O) groups excluding carboxylic acids is 1. The van der Waals surface area contributed by atoms with Crippen LogP contribution in [0.3, 0.4) is 0 Å². The van der Waals surface area contributed by atoms with Gasteiger partial charge < -0.3 is 19.5 Å². The van der Waals surface area contributed by atoms with E-state index in [2.05, 4.69) is 0 Å². The van der Waals surface area contributed by atoms with Crippen LogP contribution in [0.1, 0.15) is 22.7 Å². The van der Waals surface area contributed by atoms with Gasteiger partial charge in [-0.25, -0.2) is 4.79 Å². The molecule has 7 heteroatoms. The number of carbonyl (C=O) groups is 2. The predicted molar refractivity (Wildman–Crippen MR) is 77.4 cm³/mol. The number of carboxylic acids is 1. The van der Waals surface area contributed by atoms with E-state index < -0.39 is 18.1 Å². The first kappa shape index (κ1) is 15.9. The minimum absolute atomic E-state index is 0.205. The quantitative estimate of drug-likeness (QED) is 0.857. The molecule has 1 aromatic heterocycles. The summed E-state index contributed by atoms with van der Waals surface area (Å²) in [4.78, 5) is 27.1. The minimum atomic E-state index is -1.05. The van der Waals surface area contributed by atoms with Crippen molar-refractivity contribution < 1.29 is 24.2 Å². The average Bonchev–Trinajstić information content (AvgIpc) is 2.93. The molecule has 2 rings (SSSR count). The van der Waals surface area contributed by atoms with Gasteiger partial charge in [-0.15, -0.1) is 11.3 Å². The molecule has 1 aromatic rings. The number of carboxylic acid groups (broad SMARTS) is 1. The van der Waals surface area contributed by atoms with E-state index in [0.29, 0.717) is 13.2 Å². The summed E-state index contributed by atoms with van der Waals surface area (Å²) in [5, 5.41) is 9.37. The van der Waals surface area contributed by atoms with Crippen LogP contribution in [0.25, 0.3) is 0 Å². The summed E-state index contributed by atoms with van der Waals surface area (Å²) in [5.74, 6) is -1.26. The molecule has 1 fully saturated rings. The Morgan fingerprint density at radius 1 is 1.57 bits per heavy atom. The van der Waals surface area contributed by atoms with Crippen molar-refractivity contribution in [1.29, 1.82) is 0 Å². The summed E-state index contributed by atoms with van der Waals surface area (Å²) in [6.07, 6.45) is -0.162. The van der Waals surface area contributed by atoms with E-state index in [0.717, 1.165) is 16.2 Å². The Morgan fingerprint density at radius 3 is 2.90 bits per heavy atom. The van der Waals surface area contributed by atoms with E-state index in [1.54, 1.807) is 12.0 Å². The fraction of sp³-hybridized carbons (Fsp3) is 0.571. The summed E-state index contributed by atoms with van der Waals surface area (Å²) in [6.45, 7) is 2.55. The monoisotopic (exact) mass is 313 g/mol. The number of ether oxygens (including phenoxy) is 2. The van der Waals surface area contributed by atoms with E-state index in [9.17, 15) is 14.7 Å². The molecule has 1 amide bonds. The first-order valence-corrected chi connectivity index (χ1v) is 7.61. The lowest BCUT2D eigenvalue weighted by Crippen LogP contribution is -2.52. The summed E-state index contributed by atoms with van der Waals surface area (Å²) in [7, 11) is 1.55. The number of aliphatic carboxylic acids is 1. The zero-order valence-electron chi connectivity index (χ0n) is 12.1. The van der Waals surface area contributed by atoms with Gasteiger partial charge in [0.15, 0.2) is 6.10 Å². The molecule has 116 valence electrons. The Kier molecular flexibility index (Phi) is 5.33. The number of morpholine rings is 1. The highest BCUT2D eigenvalue weighted by molar-refractivity contribution is 7.12. The van der Waals surface area contributed by atoms with Gasteiger partial charge in [-0.2, -0.15) is 0 Å². The standard InChI is InChI=1S/C14H19NO5S/c1-3-9-4-5-10(21-9)12-13(14(17)18)20-8-11(16)15(12)6-7-19-2/h4-5,12-13H,3,6-8H2,1-2H3,(H,17,18). The maximum atomic E-state index is 12.1. The van der Waals surface area contributed by atoms with Crippen LogP contribution in [0.2, 0.25) is 0 Å². The summed E-state index contributed by atoms with van der Waals surface area (Å²) < 4.78 is 10.3. The van der Waals surface area contributed by atoms with E-state index in [1.165, 1.54) is 11.3 Å². The lowest BCUT2D eigenvalue weighted by Gasteiger charge is -2.38. The fourth-order valence-electron chi connectivity index (χ4n) is 2.36. The number of hydrogen-bond acceptors (Lipinski definition) is 5. The maximum absolute atomic E-state index is 12.1. The van der Waals surface area contributed by atoms with Crippen LogP contribution in [0.4, 0.5) is 0 Å². The zero-order chi connectivity index (χ0) is 15.4. The van der Waals surface area contributed by atoms with Gasteiger partial charge in [0.1, 0.15) is 12.6 Å². The average molecular weight is 313 g/mol. The smallest absolute Gasteiger partial charge is 0.335 e. The lowest BCUT2D eigenvalue weighted by molar-refractivity contribution is -0.173. The van der Waals surface area contributed by atoms with Crippen LogP contribution in [0, 0.1) is 0 Å². The van der Waals surface area contributed by atoms with Crippen molar-refractivity contribution in [3.8, 4) is 0 Å². The molecule has 1 aliphatic rings. The van der Waals surface area contributed by atoms with E-state index in [1.807, 2.05) is 19.1 Å². The molecule has 0 saturated carbocycles. The molecule has 0 radical (unpaired) electrons. The van der Waals surface area contributed by atoms with Crippen LogP contribution in [-0.4, -0.2) is 54.9 Å². The van der Waals surface area contributed by atoms with Crippen LogP contribution in [0.15, 0.2) is 12.1 Å². The molecule has 2 unspecified atom stereocenters. The number of methoxy groups -OCH3 is 1. The van der Waals surface area contributed by atoms with Gasteiger partial charge >= 0.3 is 5.97 Å². The van der Waals surface area contributed by atoms with Crippen molar-refractivity contribution in [3.63, 3.8) is 0 Å². The third kappa shape index (κ3) is 3.42. The number of rotatable bonds is 6. The number of hydrogen-bond donors (Lipinski definition) is 1. The SMILES string of the molecule is CCc1ccc(C2C(C(=O)O)OCC(=O)N2CCOC)s1. The first-order valence-electron chi connectivity index (χ1n) is 6.80. The Labute approximate surface area is 127 Å². The molecule has 0 aliphatic carbocycles. The number of amides is 1. The molecule has 1 N–H and O–H groups in total. The van der Waals surface area contributed by atoms with Gasteiger partial charge in [-0.3, -0.25) is 4.79 Å². The van der Waals surface area contributed by atoms with Crippen molar-refractivity contribution in [2.24, 2.45) is 0 Å². The van der Waals surface area contributed by atoms with Gasteiger partial charge in [-0.1, -0.05) is 6.92 Å². The second-order valence-corrected chi connectivity index (χ2v) is 5.95. The highest BCUT2D eigenvalue weighted by atomic mass is 32.1. The Hall–Kier alpha value is -1.44. The molecule has 1 saturated heterocycles. The van der Waals surface area contributed by atoms with Crippen LogP contribution in [-0.2, 0) is 25.5 Å². The second-order valence-electron chi connectivity index (χ2n) is 4.75. The third-order valence-electron chi connectivity index (χ3n) is 3.43. The largest absolute Gasteiger partial charge is 0.479 e. The van der Waals surface area contributed by atoms with Gasteiger partial charge in [0.05, 0.1) is 6.61 Å². The van der Waals surface area contributed by atoms with Gasteiger partial charge in [0, 0.05) is 23.4 Å². The Bertz CT molecular complexity index is 515. The highest BCUT2D eigenvalue weighted by Crippen LogP contribution is 2.34. The number of aryl methyl sites for hydroxylation is 1. The molecule has 2 atom stereocenters. The van der Waals surface area contributed by atoms with Gasteiger partial charge in [0.2, 0.25) is 5.91 Å². The highest BCUT2D eigenvalue weighted by Gasteiger charge is 2.42. The third-order valence-corrected chi connectivity index (χ3v) is 4.73. The summed E-state index contributed by atoms with van der Waals surface area (Å²) >= 11 is 1.52. The van der Waals surface area contributed by atoms with Crippen molar-refractivity contribution in [1.82, 2.24) is 4.90 Å². The van der Waals surface area contributed by atoms with E-state index in [4.69, 9.17) is 9.47 Å². The van der Waals surface area contributed by atoms with Crippen molar-refractivity contribution in [3.05, 3.63) is 21.9 Å². The fourth-order valence-corrected chi connectivity index (χ4v) is 3.45. The normalized spacial score (nSPS) is 22.6. The van der Waals surface area contributed by atoms with E-state index >= 15 is 0 Å².